The van der Waals surface area contributed by atoms with Gasteiger partial charge in [-0.15, -0.1) is 0 Å². The summed E-state index contributed by atoms with van der Waals surface area (Å²) < 4.78 is 0. The molecule has 122 valence electrons. The number of nitrogens with zero attached hydrogens (tertiary/aromatic N) is 2. The quantitative estimate of drug-likeness (QED) is 0.871. The van der Waals surface area contributed by atoms with Gasteiger partial charge < -0.3 is 10.2 Å². The summed E-state index contributed by atoms with van der Waals surface area (Å²) in [6, 6.07) is 9.65. The molecule has 4 rings (SSSR count). The van der Waals surface area contributed by atoms with Gasteiger partial charge in [0.2, 0.25) is 0 Å². The van der Waals surface area contributed by atoms with Crippen LogP contribution < -0.4 is 10.2 Å². The van der Waals surface area contributed by atoms with Gasteiger partial charge in [0.25, 0.3) is 0 Å². The Labute approximate surface area is 135 Å². The predicted octanol–water partition coefficient (Wildman–Crippen LogP) is 2.96. The van der Waals surface area contributed by atoms with E-state index in [4.69, 9.17) is 0 Å². The molecule has 1 unspecified atom stereocenters. The van der Waals surface area contributed by atoms with Crippen molar-refractivity contribution in [3.8, 4) is 0 Å². The van der Waals surface area contributed by atoms with Crippen LogP contribution in [0.15, 0.2) is 24.3 Å². The van der Waals surface area contributed by atoms with Crippen LogP contribution in [0.4, 0.5) is 5.69 Å². The Morgan fingerprint density at radius 3 is 2.59 bits per heavy atom. The molecule has 3 nitrogen and oxygen atoms in total. The van der Waals surface area contributed by atoms with Crippen molar-refractivity contribution in [2.45, 2.75) is 38.8 Å². The number of nitrogens with one attached hydrogen (secondary N) is 1. The Balaban J connectivity index is 1.46. The molecule has 4 atom stereocenters. The highest BCUT2D eigenvalue weighted by atomic mass is 15.2. The van der Waals surface area contributed by atoms with E-state index >= 15 is 0 Å². The Kier molecular flexibility index (Phi) is 5.04. The first-order valence-corrected chi connectivity index (χ1v) is 8.88. The van der Waals surface area contributed by atoms with Gasteiger partial charge in [0.1, 0.15) is 0 Å². The van der Waals surface area contributed by atoms with Crippen molar-refractivity contribution >= 4 is 5.69 Å². The molecule has 3 fully saturated rings. The molecule has 3 heteroatoms. The minimum absolute atomic E-state index is 0.766. The number of hydrogen-bond acceptors (Lipinski definition) is 3. The minimum atomic E-state index is 0.766. The van der Waals surface area contributed by atoms with Crippen molar-refractivity contribution < 1.29 is 0 Å². The summed E-state index contributed by atoms with van der Waals surface area (Å²) >= 11 is 0. The lowest BCUT2D eigenvalue weighted by atomic mass is 9.74. The van der Waals surface area contributed by atoms with Crippen molar-refractivity contribution in [2.24, 2.45) is 11.8 Å². The van der Waals surface area contributed by atoms with Gasteiger partial charge in [-0.2, -0.15) is 0 Å². The average Bonchev–Trinajstić information content (AvgIpc) is 2.56. The van der Waals surface area contributed by atoms with E-state index in [1.165, 1.54) is 43.6 Å². The van der Waals surface area contributed by atoms with E-state index in [-0.39, 0.29) is 0 Å². The first kappa shape index (κ1) is 15.8. The van der Waals surface area contributed by atoms with Gasteiger partial charge in [-0.3, -0.25) is 4.90 Å². The number of piperidine rings is 3. The number of rotatable bonds is 6. The van der Waals surface area contributed by atoms with Crippen LogP contribution in [0.25, 0.3) is 0 Å². The molecule has 1 aromatic carbocycles. The highest BCUT2D eigenvalue weighted by Gasteiger charge is 2.38. The fraction of sp³-hybridized carbons (Fsp3) is 0.684. The van der Waals surface area contributed by atoms with E-state index in [1.807, 2.05) is 0 Å². The first-order chi connectivity index (χ1) is 10.7. The maximum Gasteiger partial charge on any atom is 0.0361 e. The Morgan fingerprint density at radius 1 is 1.23 bits per heavy atom. The van der Waals surface area contributed by atoms with Crippen LogP contribution in [0.1, 0.15) is 31.7 Å². The second kappa shape index (κ2) is 7.01. The van der Waals surface area contributed by atoms with Crippen molar-refractivity contribution in [1.29, 1.82) is 0 Å². The summed E-state index contributed by atoms with van der Waals surface area (Å²) in [5, 5.41) is 3.68. The third kappa shape index (κ3) is 3.47. The van der Waals surface area contributed by atoms with Crippen LogP contribution in [0.3, 0.4) is 0 Å². The zero-order chi connectivity index (χ0) is 15.5. The predicted molar refractivity (Wildman–Crippen MR) is 94.3 cm³/mol. The highest BCUT2D eigenvalue weighted by Crippen LogP contribution is 2.37. The topological polar surface area (TPSA) is 18.5 Å². The zero-order valence-electron chi connectivity index (χ0n) is 14.4. The Morgan fingerprint density at radius 2 is 2.00 bits per heavy atom. The summed E-state index contributed by atoms with van der Waals surface area (Å²) in [5.41, 5.74) is 2.65. The molecule has 0 spiro atoms. The van der Waals surface area contributed by atoms with Crippen LogP contribution in [0, 0.1) is 11.8 Å². The zero-order valence-corrected chi connectivity index (χ0v) is 14.4. The van der Waals surface area contributed by atoms with Crippen molar-refractivity contribution in [3.63, 3.8) is 0 Å². The lowest BCUT2D eigenvalue weighted by molar-refractivity contribution is 0.000333. The van der Waals surface area contributed by atoms with Crippen LogP contribution in [0.2, 0.25) is 0 Å². The van der Waals surface area contributed by atoms with E-state index in [2.05, 4.69) is 60.4 Å². The molecule has 1 N–H and O–H groups in total. The van der Waals surface area contributed by atoms with Gasteiger partial charge in [0.15, 0.2) is 0 Å². The number of hydrogen-bond donors (Lipinski definition) is 1. The highest BCUT2D eigenvalue weighted by molar-refractivity contribution is 5.45. The van der Waals surface area contributed by atoms with Crippen LogP contribution in [-0.2, 0) is 6.54 Å². The third-order valence-corrected chi connectivity index (χ3v) is 5.70. The number of fused-ring (bicyclic) bond motifs is 3. The largest absolute Gasteiger partial charge is 0.378 e. The molecular weight excluding hydrogens is 270 g/mol. The van der Waals surface area contributed by atoms with Gasteiger partial charge >= 0.3 is 0 Å². The van der Waals surface area contributed by atoms with Crippen molar-refractivity contribution in [1.82, 2.24) is 10.2 Å². The maximum absolute atomic E-state index is 3.68. The molecule has 22 heavy (non-hydrogen) atoms. The van der Waals surface area contributed by atoms with Gasteiger partial charge in [-0.1, -0.05) is 25.5 Å². The molecule has 1 aromatic rings. The van der Waals surface area contributed by atoms with Crippen LogP contribution in [0.5, 0.6) is 0 Å². The fourth-order valence-electron chi connectivity index (χ4n) is 4.22. The SMILES string of the molecule is CC[C@H]1CN2CC[C@H]1C[C@@H]2CNCc1ccc(N(C)C)cc1. The summed E-state index contributed by atoms with van der Waals surface area (Å²) in [5.74, 6) is 1.95. The smallest absolute Gasteiger partial charge is 0.0361 e. The molecule has 3 saturated heterocycles. The molecular formula is C19H31N3. The van der Waals surface area contributed by atoms with Gasteiger partial charge in [0, 0.05) is 45.5 Å². The molecule has 0 aromatic heterocycles. The molecule has 3 heterocycles. The fourth-order valence-corrected chi connectivity index (χ4v) is 4.22. The summed E-state index contributed by atoms with van der Waals surface area (Å²) in [7, 11) is 4.17. The van der Waals surface area contributed by atoms with E-state index in [9.17, 15) is 0 Å². The van der Waals surface area contributed by atoms with Gasteiger partial charge in [0.05, 0.1) is 0 Å². The van der Waals surface area contributed by atoms with Gasteiger partial charge in [-0.05, 0) is 48.9 Å². The first-order valence-electron chi connectivity index (χ1n) is 8.88. The van der Waals surface area contributed by atoms with Gasteiger partial charge in [-0.25, -0.2) is 0 Å². The number of benzene rings is 1. The molecule has 0 saturated carbocycles. The Bertz CT molecular complexity index is 468. The lowest BCUT2D eigenvalue weighted by Crippen LogP contribution is -2.56. The standard InChI is InChI=1S/C19H31N3/c1-4-16-14-22-10-9-17(16)11-19(22)13-20-12-15-5-7-18(8-6-15)21(2)3/h5-8,16-17,19-20H,4,9-14H2,1-3H3/t16-,17-,19+/m0/s1. The average molecular weight is 301 g/mol. The summed E-state index contributed by atoms with van der Waals surface area (Å²) in [4.78, 5) is 4.88. The minimum Gasteiger partial charge on any atom is -0.378 e. The molecule has 0 radical (unpaired) electrons. The molecule has 0 amide bonds. The lowest BCUT2D eigenvalue weighted by Gasteiger charge is -2.50. The van der Waals surface area contributed by atoms with E-state index < -0.39 is 0 Å². The third-order valence-electron chi connectivity index (χ3n) is 5.70. The normalized spacial score (nSPS) is 30.5. The molecule has 0 aliphatic carbocycles. The van der Waals surface area contributed by atoms with Crippen LogP contribution >= 0.6 is 0 Å². The number of anilines is 1. The second-order valence-electron chi connectivity index (χ2n) is 7.29. The van der Waals surface area contributed by atoms with Crippen LogP contribution in [-0.4, -0.2) is 44.7 Å². The molecule has 2 bridgehead atoms. The van der Waals surface area contributed by atoms with E-state index in [0.29, 0.717) is 0 Å². The molecule has 3 aliphatic heterocycles. The van der Waals surface area contributed by atoms with E-state index in [1.54, 1.807) is 0 Å². The van der Waals surface area contributed by atoms with Crippen molar-refractivity contribution in [2.75, 3.05) is 38.6 Å². The maximum atomic E-state index is 3.68. The second-order valence-corrected chi connectivity index (χ2v) is 7.29. The summed E-state index contributed by atoms with van der Waals surface area (Å²) in [6.07, 6.45) is 4.20. The Hall–Kier alpha value is -1.06. The van der Waals surface area contributed by atoms with Crippen molar-refractivity contribution in [3.05, 3.63) is 29.8 Å². The van der Waals surface area contributed by atoms with E-state index in [0.717, 1.165) is 31.0 Å². The summed E-state index contributed by atoms with van der Waals surface area (Å²) in [6.45, 7) is 7.15. The monoisotopic (exact) mass is 301 g/mol. The molecule has 3 aliphatic rings.